The van der Waals surface area contributed by atoms with Crippen LogP contribution in [0.15, 0.2) is 51.7 Å². The standard InChI is InChI=1S/C21H25N3O2S2/c1-4-24-20(26)19-16(10-11-27-19)23-21(24)28-13-18(25)22-17(12-14(2)3)15-8-6-5-7-9-15/h5-11,14,17H,4,12-13H2,1-3H3,(H,22,25). The summed E-state index contributed by atoms with van der Waals surface area (Å²) in [6, 6.07) is 11.9. The second-order valence-corrected chi connectivity index (χ2v) is 8.89. The van der Waals surface area contributed by atoms with E-state index in [4.69, 9.17) is 0 Å². The van der Waals surface area contributed by atoms with Gasteiger partial charge in [0.15, 0.2) is 5.16 Å². The third-order valence-corrected chi connectivity index (χ3v) is 6.29. The van der Waals surface area contributed by atoms with Crippen LogP contribution in [0.25, 0.3) is 10.2 Å². The van der Waals surface area contributed by atoms with Gasteiger partial charge in [-0.1, -0.05) is 55.9 Å². The lowest BCUT2D eigenvalue weighted by atomic mass is 9.97. The number of nitrogens with zero attached hydrogens (tertiary/aromatic N) is 2. The SMILES string of the molecule is CCn1c(SCC(=O)NC(CC(C)C)c2ccccc2)nc2ccsc2c1=O. The number of carbonyl (C=O) groups excluding carboxylic acids is 1. The van der Waals surface area contributed by atoms with Crippen molar-refractivity contribution in [1.82, 2.24) is 14.9 Å². The quantitative estimate of drug-likeness (QED) is 0.435. The molecular weight excluding hydrogens is 390 g/mol. The highest BCUT2D eigenvalue weighted by Gasteiger charge is 2.18. The molecule has 1 atom stereocenters. The van der Waals surface area contributed by atoms with E-state index in [0.29, 0.717) is 27.8 Å². The van der Waals surface area contributed by atoms with Crippen LogP contribution in [-0.2, 0) is 11.3 Å². The summed E-state index contributed by atoms with van der Waals surface area (Å²) in [4.78, 5) is 29.8. The Kier molecular flexibility index (Phi) is 6.91. The van der Waals surface area contributed by atoms with E-state index in [-0.39, 0.29) is 23.3 Å². The van der Waals surface area contributed by atoms with Crippen LogP contribution in [0.3, 0.4) is 0 Å². The minimum atomic E-state index is -0.0539. The first-order valence-electron chi connectivity index (χ1n) is 9.44. The smallest absolute Gasteiger partial charge is 0.272 e. The lowest BCUT2D eigenvalue weighted by molar-refractivity contribution is -0.119. The van der Waals surface area contributed by atoms with Crippen LogP contribution in [0, 0.1) is 5.92 Å². The molecule has 0 radical (unpaired) electrons. The van der Waals surface area contributed by atoms with Crippen LogP contribution < -0.4 is 10.9 Å². The minimum Gasteiger partial charge on any atom is -0.349 e. The van der Waals surface area contributed by atoms with Crippen molar-refractivity contribution < 1.29 is 4.79 Å². The predicted molar refractivity (Wildman–Crippen MR) is 117 cm³/mol. The molecule has 5 nitrogen and oxygen atoms in total. The predicted octanol–water partition coefficient (Wildman–Crippen LogP) is 4.47. The molecule has 0 spiro atoms. The Morgan fingerprint density at radius 2 is 2.00 bits per heavy atom. The first kappa shape index (κ1) is 20.6. The first-order chi connectivity index (χ1) is 13.5. The van der Waals surface area contributed by atoms with E-state index < -0.39 is 0 Å². The summed E-state index contributed by atoms with van der Waals surface area (Å²) in [7, 11) is 0. The molecule has 1 amide bonds. The van der Waals surface area contributed by atoms with Gasteiger partial charge < -0.3 is 5.32 Å². The van der Waals surface area contributed by atoms with E-state index in [1.54, 1.807) is 4.57 Å². The maximum Gasteiger partial charge on any atom is 0.272 e. The zero-order valence-electron chi connectivity index (χ0n) is 16.3. The average molecular weight is 416 g/mol. The molecule has 0 saturated heterocycles. The van der Waals surface area contributed by atoms with Crippen molar-refractivity contribution in [2.45, 2.75) is 44.9 Å². The Morgan fingerprint density at radius 1 is 1.25 bits per heavy atom. The molecule has 148 valence electrons. The Labute approximate surface area is 173 Å². The van der Waals surface area contributed by atoms with Crippen molar-refractivity contribution in [1.29, 1.82) is 0 Å². The zero-order valence-corrected chi connectivity index (χ0v) is 18.0. The summed E-state index contributed by atoms with van der Waals surface area (Å²) in [5.74, 6) is 0.636. The van der Waals surface area contributed by atoms with Gasteiger partial charge in [-0.2, -0.15) is 0 Å². The number of fused-ring (bicyclic) bond motifs is 1. The molecule has 0 saturated carbocycles. The number of carbonyl (C=O) groups is 1. The molecule has 0 aliphatic heterocycles. The first-order valence-corrected chi connectivity index (χ1v) is 11.3. The molecule has 28 heavy (non-hydrogen) atoms. The van der Waals surface area contributed by atoms with Gasteiger partial charge in [0.05, 0.1) is 17.3 Å². The van der Waals surface area contributed by atoms with Gasteiger partial charge in [-0.25, -0.2) is 4.98 Å². The topological polar surface area (TPSA) is 64.0 Å². The van der Waals surface area contributed by atoms with Gasteiger partial charge in [-0.3, -0.25) is 14.2 Å². The lowest BCUT2D eigenvalue weighted by Gasteiger charge is -2.21. The van der Waals surface area contributed by atoms with Crippen LogP contribution in [0.4, 0.5) is 0 Å². The molecule has 7 heteroatoms. The molecule has 1 unspecified atom stereocenters. The number of thiophene rings is 1. The zero-order chi connectivity index (χ0) is 20.1. The van der Waals surface area contributed by atoms with Gasteiger partial charge in [0.2, 0.25) is 5.91 Å². The number of hydrogen-bond donors (Lipinski definition) is 1. The molecule has 1 N–H and O–H groups in total. The molecule has 3 aromatic rings. The number of amides is 1. The van der Waals surface area contributed by atoms with Crippen molar-refractivity contribution >= 4 is 39.2 Å². The van der Waals surface area contributed by atoms with Gasteiger partial charge in [0.1, 0.15) is 4.70 Å². The minimum absolute atomic E-state index is 0.0185. The van der Waals surface area contributed by atoms with Crippen LogP contribution >= 0.6 is 23.1 Å². The normalized spacial score (nSPS) is 12.4. The third kappa shape index (κ3) is 4.83. The van der Waals surface area contributed by atoms with Crippen molar-refractivity contribution in [3.63, 3.8) is 0 Å². The molecular formula is C21H25N3O2S2. The fourth-order valence-electron chi connectivity index (χ4n) is 3.11. The molecule has 2 heterocycles. The van der Waals surface area contributed by atoms with E-state index in [0.717, 1.165) is 12.0 Å². The highest BCUT2D eigenvalue weighted by Crippen LogP contribution is 2.23. The largest absolute Gasteiger partial charge is 0.349 e. The van der Waals surface area contributed by atoms with E-state index >= 15 is 0 Å². The molecule has 0 fully saturated rings. The number of rotatable bonds is 8. The maximum absolute atomic E-state index is 12.6. The van der Waals surface area contributed by atoms with E-state index in [1.807, 2.05) is 48.7 Å². The number of hydrogen-bond acceptors (Lipinski definition) is 5. The summed E-state index contributed by atoms with van der Waals surface area (Å²) < 4.78 is 2.30. The Balaban J connectivity index is 1.72. The van der Waals surface area contributed by atoms with Crippen molar-refractivity contribution in [2.75, 3.05) is 5.75 Å². The number of aromatic nitrogens is 2. The molecule has 0 bridgehead atoms. The average Bonchev–Trinajstić information content (AvgIpc) is 3.15. The summed E-state index contributed by atoms with van der Waals surface area (Å²) in [5.41, 5.74) is 1.77. The van der Waals surface area contributed by atoms with Gasteiger partial charge in [0, 0.05) is 6.54 Å². The fraction of sp³-hybridized carbons (Fsp3) is 0.381. The Hall–Kier alpha value is -2.12. The van der Waals surface area contributed by atoms with Gasteiger partial charge in [0.25, 0.3) is 5.56 Å². The second-order valence-electron chi connectivity index (χ2n) is 7.03. The van der Waals surface area contributed by atoms with E-state index in [1.165, 1.54) is 23.1 Å². The summed E-state index contributed by atoms with van der Waals surface area (Å²) in [5, 5.41) is 5.61. The Bertz CT molecular complexity index is 996. The van der Waals surface area contributed by atoms with Crippen LogP contribution in [0.2, 0.25) is 0 Å². The molecule has 0 aliphatic carbocycles. The van der Waals surface area contributed by atoms with Crippen molar-refractivity contribution in [3.8, 4) is 0 Å². The summed E-state index contributed by atoms with van der Waals surface area (Å²) >= 11 is 2.72. The second kappa shape index (κ2) is 9.39. The highest BCUT2D eigenvalue weighted by molar-refractivity contribution is 7.99. The monoisotopic (exact) mass is 415 g/mol. The molecule has 1 aromatic carbocycles. The fourth-order valence-corrected chi connectivity index (χ4v) is 4.77. The lowest BCUT2D eigenvalue weighted by Crippen LogP contribution is -2.31. The van der Waals surface area contributed by atoms with Gasteiger partial charge >= 0.3 is 0 Å². The maximum atomic E-state index is 12.6. The summed E-state index contributed by atoms with van der Waals surface area (Å²) in [6.45, 7) is 6.75. The number of nitrogens with one attached hydrogen (secondary N) is 1. The van der Waals surface area contributed by atoms with Gasteiger partial charge in [-0.05, 0) is 36.3 Å². The Morgan fingerprint density at radius 3 is 2.68 bits per heavy atom. The van der Waals surface area contributed by atoms with Crippen molar-refractivity contribution in [2.24, 2.45) is 5.92 Å². The van der Waals surface area contributed by atoms with Crippen LogP contribution in [0.5, 0.6) is 0 Å². The number of thioether (sulfide) groups is 1. The number of benzene rings is 1. The summed E-state index contributed by atoms with van der Waals surface area (Å²) in [6.07, 6.45) is 0.874. The van der Waals surface area contributed by atoms with E-state index in [9.17, 15) is 9.59 Å². The third-order valence-electron chi connectivity index (χ3n) is 4.42. The highest BCUT2D eigenvalue weighted by atomic mass is 32.2. The molecule has 0 aliphatic rings. The molecule has 3 rings (SSSR count). The molecule has 2 aromatic heterocycles. The van der Waals surface area contributed by atoms with Crippen LogP contribution in [0.1, 0.15) is 38.8 Å². The van der Waals surface area contributed by atoms with Gasteiger partial charge in [-0.15, -0.1) is 11.3 Å². The van der Waals surface area contributed by atoms with E-state index in [2.05, 4.69) is 24.1 Å². The van der Waals surface area contributed by atoms with Crippen molar-refractivity contribution in [3.05, 3.63) is 57.7 Å². The van der Waals surface area contributed by atoms with Crippen LogP contribution in [-0.4, -0.2) is 21.2 Å².